The molecule has 2 fully saturated rings. The van der Waals surface area contributed by atoms with Crippen LogP contribution in [-0.2, 0) is 0 Å². The van der Waals surface area contributed by atoms with Gasteiger partial charge in [0.2, 0.25) is 0 Å². The van der Waals surface area contributed by atoms with Crippen molar-refractivity contribution in [2.75, 3.05) is 66.7 Å². The molecule has 214 valence electrons. The van der Waals surface area contributed by atoms with Crippen molar-refractivity contribution in [2.24, 2.45) is 0 Å². The van der Waals surface area contributed by atoms with E-state index in [1.54, 1.807) is 0 Å². The lowest BCUT2D eigenvalue weighted by atomic mass is 10.1. The monoisotopic (exact) mass is 548 g/mol. The van der Waals surface area contributed by atoms with Gasteiger partial charge in [-0.15, -0.1) is 0 Å². The van der Waals surface area contributed by atoms with Crippen LogP contribution in [0, 0.1) is 6.92 Å². The first-order chi connectivity index (χ1) is 19.9. The lowest BCUT2D eigenvalue weighted by molar-refractivity contribution is 0.386. The van der Waals surface area contributed by atoms with Crippen LogP contribution in [0.2, 0.25) is 0 Å². The summed E-state index contributed by atoms with van der Waals surface area (Å²) in [5.41, 5.74) is 16.7. The maximum absolute atomic E-state index is 6.07. The predicted molar refractivity (Wildman–Crippen MR) is 177 cm³/mol. The minimum absolute atomic E-state index is 0.724. The lowest BCUT2D eigenvalue weighted by Crippen LogP contribution is -2.47. The maximum atomic E-state index is 6.07. The van der Waals surface area contributed by atoms with Gasteiger partial charge in [0.25, 0.3) is 0 Å². The van der Waals surface area contributed by atoms with E-state index in [1.807, 2.05) is 24.3 Å². The number of anilines is 4. The van der Waals surface area contributed by atoms with E-state index in [9.17, 15) is 0 Å². The zero-order valence-corrected chi connectivity index (χ0v) is 24.5. The molecule has 2 aliphatic rings. The normalized spacial score (nSPS) is 15.2. The molecule has 2 saturated heterocycles. The number of nitrogen functional groups attached to an aromatic ring is 1. The van der Waals surface area contributed by atoms with Crippen LogP contribution in [0.15, 0.2) is 92.2 Å². The van der Waals surface area contributed by atoms with E-state index >= 15 is 0 Å². The second-order valence-corrected chi connectivity index (χ2v) is 11.1. The highest BCUT2D eigenvalue weighted by molar-refractivity contribution is 5.85. The molecule has 3 aromatic rings. The van der Waals surface area contributed by atoms with Crippen molar-refractivity contribution in [1.82, 2.24) is 10.2 Å². The van der Waals surface area contributed by atoms with Crippen LogP contribution in [0.25, 0.3) is 11.4 Å². The summed E-state index contributed by atoms with van der Waals surface area (Å²) in [5.74, 6) is 0. The molecule has 0 saturated carbocycles. The number of nitrogens with two attached hydrogens (primary N) is 1. The van der Waals surface area contributed by atoms with Gasteiger partial charge in [-0.3, -0.25) is 0 Å². The summed E-state index contributed by atoms with van der Waals surface area (Å²) >= 11 is 0. The fourth-order valence-electron chi connectivity index (χ4n) is 5.84. The van der Waals surface area contributed by atoms with Crippen molar-refractivity contribution in [3.8, 4) is 0 Å². The molecule has 3 aromatic carbocycles. The molecule has 0 spiro atoms. The van der Waals surface area contributed by atoms with Gasteiger partial charge in [-0.2, -0.15) is 0 Å². The summed E-state index contributed by atoms with van der Waals surface area (Å²) < 4.78 is 0. The average molecular weight is 549 g/mol. The van der Waals surface area contributed by atoms with Crippen LogP contribution >= 0.6 is 0 Å². The van der Waals surface area contributed by atoms with Gasteiger partial charge < -0.3 is 31.1 Å². The Morgan fingerprint density at radius 1 is 0.829 bits per heavy atom. The van der Waals surface area contributed by atoms with Crippen LogP contribution in [0.4, 0.5) is 22.7 Å². The molecule has 0 radical (unpaired) electrons. The quantitative estimate of drug-likeness (QED) is 0.187. The van der Waals surface area contributed by atoms with Gasteiger partial charge in [0, 0.05) is 74.3 Å². The van der Waals surface area contributed by atoms with Crippen molar-refractivity contribution in [1.29, 1.82) is 0 Å². The third kappa shape index (κ3) is 6.88. The van der Waals surface area contributed by atoms with Gasteiger partial charge in [-0.05, 0) is 73.2 Å². The molecule has 0 amide bonds. The molecular formula is C35H44N6. The standard InChI is InChI=1S/C35H44N6/c1-26-10-5-6-14-34(26)40-20-22-41(23-21-40)35-16-15-31(28(3)37-17-9-19-39-18-8-11-27(39)2)25-33(35)38-29(4)30-12-7-13-32(36)24-30/h5-7,10,12-16,24-25,37-38H,2-4,8-9,11,17-23,36H2,1H3. The number of rotatable bonds is 11. The van der Waals surface area contributed by atoms with Crippen molar-refractivity contribution < 1.29 is 0 Å². The van der Waals surface area contributed by atoms with E-state index in [1.165, 1.54) is 29.1 Å². The number of likely N-dealkylation sites (tertiary alicyclic amines) is 1. The minimum Gasteiger partial charge on any atom is -0.399 e. The van der Waals surface area contributed by atoms with Crippen LogP contribution < -0.4 is 26.2 Å². The van der Waals surface area contributed by atoms with E-state index in [4.69, 9.17) is 5.73 Å². The number of nitrogens with zero attached hydrogens (tertiary/aromatic N) is 3. The Morgan fingerprint density at radius 2 is 1.56 bits per heavy atom. The molecule has 5 rings (SSSR count). The number of piperazine rings is 1. The van der Waals surface area contributed by atoms with Crippen LogP contribution in [-0.4, -0.2) is 50.7 Å². The van der Waals surface area contributed by atoms with Gasteiger partial charge in [0.05, 0.1) is 11.4 Å². The van der Waals surface area contributed by atoms with E-state index < -0.39 is 0 Å². The minimum atomic E-state index is 0.724. The van der Waals surface area contributed by atoms with Crippen LogP contribution in [0.1, 0.15) is 36.0 Å². The zero-order valence-electron chi connectivity index (χ0n) is 24.5. The predicted octanol–water partition coefficient (Wildman–Crippen LogP) is 6.55. The van der Waals surface area contributed by atoms with Crippen molar-refractivity contribution >= 4 is 34.1 Å². The Hall–Kier alpha value is -4.32. The summed E-state index contributed by atoms with van der Waals surface area (Å²) in [4.78, 5) is 7.36. The van der Waals surface area contributed by atoms with Gasteiger partial charge >= 0.3 is 0 Å². The van der Waals surface area contributed by atoms with E-state index in [0.29, 0.717) is 0 Å². The summed E-state index contributed by atoms with van der Waals surface area (Å²) in [6, 6.07) is 23.1. The summed E-state index contributed by atoms with van der Waals surface area (Å²) in [7, 11) is 0. The number of benzene rings is 3. The smallest absolute Gasteiger partial charge is 0.0628 e. The molecule has 0 unspecified atom stereocenters. The fraction of sp³-hybridized carbons (Fsp3) is 0.314. The summed E-state index contributed by atoms with van der Waals surface area (Å²) in [6.45, 7) is 22.0. The SMILES string of the molecule is C=C(NCCCN1CCCC1=C)c1ccc(N2CCN(c3ccccc3C)CC2)c(NC(=C)c2cccc(N)c2)c1. The third-order valence-electron chi connectivity index (χ3n) is 8.23. The molecule has 6 heteroatoms. The highest BCUT2D eigenvalue weighted by atomic mass is 15.3. The third-order valence-corrected chi connectivity index (χ3v) is 8.23. The number of aryl methyl sites for hydroxylation is 1. The first-order valence-electron chi connectivity index (χ1n) is 14.8. The first-order valence-corrected chi connectivity index (χ1v) is 14.8. The molecule has 4 N–H and O–H groups in total. The number of allylic oxidation sites excluding steroid dienone is 1. The maximum Gasteiger partial charge on any atom is 0.0628 e. The highest BCUT2D eigenvalue weighted by Crippen LogP contribution is 2.33. The summed E-state index contributed by atoms with van der Waals surface area (Å²) in [6.07, 6.45) is 3.41. The molecule has 6 nitrogen and oxygen atoms in total. The summed E-state index contributed by atoms with van der Waals surface area (Å²) in [5, 5.41) is 7.17. The molecule has 0 bridgehead atoms. The van der Waals surface area contributed by atoms with E-state index in [0.717, 1.165) is 92.6 Å². The first kappa shape index (κ1) is 28.2. The van der Waals surface area contributed by atoms with Crippen molar-refractivity contribution in [2.45, 2.75) is 26.2 Å². The van der Waals surface area contributed by atoms with E-state index in [2.05, 4.69) is 94.5 Å². The van der Waals surface area contributed by atoms with Crippen LogP contribution in [0.3, 0.4) is 0 Å². The molecule has 0 aromatic heterocycles. The Bertz CT molecular complexity index is 1400. The fourth-order valence-corrected chi connectivity index (χ4v) is 5.84. The number of hydrogen-bond donors (Lipinski definition) is 3. The number of hydrogen-bond acceptors (Lipinski definition) is 6. The topological polar surface area (TPSA) is 59.8 Å². The van der Waals surface area contributed by atoms with Crippen LogP contribution in [0.5, 0.6) is 0 Å². The van der Waals surface area contributed by atoms with Crippen molar-refractivity contribution in [3.05, 3.63) is 109 Å². The van der Waals surface area contributed by atoms with Gasteiger partial charge in [-0.25, -0.2) is 0 Å². The zero-order chi connectivity index (χ0) is 28.8. The number of para-hydroxylation sites is 1. The molecule has 41 heavy (non-hydrogen) atoms. The second-order valence-electron chi connectivity index (χ2n) is 11.1. The Morgan fingerprint density at radius 3 is 2.27 bits per heavy atom. The van der Waals surface area contributed by atoms with Crippen molar-refractivity contribution in [3.63, 3.8) is 0 Å². The molecular weight excluding hydrogens is 504 g/mol. The molecule has 0 aliphatic carbocycles. The molecule has 2 heterocycles. The second kappa shape index (κ2) is 12.9. The lowest BCUT2D eigenvalue weighted by Gasteiger charge is -2.39. The molecule has 0 atom stereocenters. The van der Waals surface area contributed by atoms with Gasteiger partial charge in [-0.1, -0.05) is 56.1 Å². The average Bonchev–Trinajstić information content (AvgIpc) is 3.40. The Labute approximate surface area is 245 Å². The largest absolute Gasteiger partial charge is 0.399 e. The van der Waals surface area contributed by atoms with Gasteiger partial charge in [0.1, 0.15) is 0 Å². The molecule has 2 aliphatic heterocycles. The highest BCUT2D eigenvalue weighted by Gasteiger charge is 2.21. The van der Waals surface area contributed by atoms with Gasteiger partial charge in [0.15, 0.2) is 0 Å². The van der Waals surface area contributed by atoms with E-state index in [-0.39, 0.29) is 0 Å². The Balaban J connectivity index is 1.29. The number of nitrogens with one attached hydrogen (secondary N) is 2. The Kier molecular flexibility index (Phi) is 8.88.